The van der Waals surface area contributed by atoms with E-state index in [1.165, 1.54) is 4.90 Å². The van der Waals surface area contributed by atoms with Crippen LogP contribution in [0.15, 0.2) is 22.7 Å². The molecule has 1 aliphatic rings. The lowest BCUT2D eigenvalue weighted by atomic mass is 10.1. The molecule has 0 spiro atoms. The molecule has 1 saturated heterocycles. The van der Waals surface area contributed by atoms with E-state index < -0.39 is 6.04 Å². The summed E-state index contributed by atoms with van der Waals surface area (Å²) >= 11 is 9.36. The zero-order valence-electron chi connectivity index (χ0n) is 12.0. The van der Waals surface area contributed by atoms with E-state index in [9.17, 15) is 9.59 Å². The molecule has 2 rings (SSSR count). The summed E-state index contributed by atoms with van der Waals surface area (Å²) in [5.41, 5.74) is 0.737. The van der Waals surface area contributed by atoms with Gasteiger partial charge in [0.05, 0.1) is 11.4 Å². The summed E-state index contributed by atoms with van der Waals surface area (Å²) in [7, 11) is 0. The predicted molar refractivity (Wildman–Crippen MR) is 87.4 cm³/mol. The molecule has 2 amide bonds. The fraction of sp³-hybridized carbons (Fsp3) is 0.467. The van der Waals surface area contributed by atoms with Crippen molar-refractivity contribution in [2.45, 2.75) is 45.2 Å². The van der Waals surface area contributed by atoms with Gasteiger partial charge in [-0.2, -0.15) is 0 Å². The van der Waals surface area contributed by atoms with Crippen LogP contribution in [0.5, 0.6) is 0 Å². The highest BCUT2D eigenvalue weighted by Crippen LogP contribution is 2.28. The number of likely N-dealkylation sites (tertiary alicyclic amines) is 1. The molecule has 0 aliphatic carbocycles. The maximum atomic E-state index is 12.4. The van der Waals surface area contributed by atoms with Crippen LogP contribution in [0.1, 0.15) is 33.1 Å². The number of amides is 2. The number of hydrogen-bond acceptors (Lipinski definition) is 3. The summed E-state index contributed by atoms with van der Waals surface area (Å²) in [4.78, 5) is 25.9. The molecular formula is C15H18BrClN2O2. The molecule has 1 heterocycles. The van der Waals surface area contributed by atoms with Gasteiger partial charge in [0, 0.05) is 16.2 Å². The van der Waals surface area contributed by atoms with Crippen LogP contribution in [0.25, 0.3) is 0 Å². The first-order chi connectivity index (χ1) is 9.97. The summed E-state index contributed by atoms with van der Waals surface area (Å²) < 4.78 is 0.794. The highest BCUT2D eigenvalue weighted by molar-refractivity contribution is 9.10. The summed E-state index contributed by atoms with van der Waals surface area (Å²) in [6.45, 7) is 3.98. The smallest absolute Gasteiger partial charge is 0.252 e. The number of nitrogens with zero attached hydrogens (tertiary/aromatic N) is 1. The molecule has 21 heavy (non-hydrogen) atoms. The largest absolute Gasteiger partial charge is 0.373 e. The molecule has 1 atom stereocenters. The van der Waals surface area contributed by atoms with Crippen molar-refractivity contribution in [3.8, 4) is 0 Å². The molecule has 1 unspecified atom stereocenters. The molecule has 1 fully saturated rings. The third kappa shape index (κ3) is 3.40. The van der Waals surface area contributed by atoms with Crippen LogP contribution < -0.4 is 5.32 Å². The fourth-order valence-electron chi connectivity index (χ4n) is 2.59. The predicted octanol–water partition coefficient (Wildman–Crippen LogP) is 3.83. The summed E-state index contributed by atoms with van der Waals surface area (Å²) in [6.07, 6.45) is 1.76. The number of rotatable bonds is 5. The van der Waals surface area contributed by atoms with Crippen LogP contribution in [0.4, 0.5) is 5.69 Å². The van der Waals surface area contributed by atoms with Gasteiger partial charge in [0.15, 0.2) is 0 Å². The number of nitrogens with one attached hydrogen (secondary N) is 1. The fourth-order valence-corrected chi connectivity index (χ4v) is 3.02. The van der Waals surface area contributed by atoms with Crippen LogP contribution >= 0.6 is 27.5 Å². The summed E-state index contributed by atoms with van der Waals surface area (Å²) in [5.74, 6) is -0.248. The van der Waals surface area contributed by atoms with E-state index in [4.69, 9.17) is 11.6 Å². The molecule has 1 aliphatic heterocycles. The zero-order valence-corrected chi connectivity index (χ0v) is 14.4. The van der Waals surface area contributed by atoms with Crippen molar-refractivity contribution < 1.29 is 9.59 Å². The Labute approximate surface area is 138 Å². The van der Waals surface area contributed by atoms with Crippen LogP contribution in [-0.2, 0) is 9.59 Å². The van der Waals surface area contributed by atoms with Gasteiger partial charge in [-0.3, -0.25) is 14.5 Å². The van der Waals surface area contributed by atoms with E-state index in [0.717, 1.165) is 23.0 Å². The number of halogens is 2. The molecule has 0 bridgehead atoms. The zero-order chi connectivity index (χ0) is 15.6. The van der Waals surface area contributed by atoms with Gasteiger partial charge in [0.25, 0.3) is 5.91 Å². The number of carbonyl (C=O) groups excluding carboxylic acids is 2. The van der Waals surface area contributed by atoms with E-state index in [0.29, 0.717) is 5.02 Å². The van der Waals surface area contributed by atoms with Crippen molar-refractivity contribution in [1.29, 1.82) is 0 Å². The van der Waals surface area contributed by atoms with Gasteiger partial charge in [-0.15, -0.1) is 0 Å². The van der Waals surface area contributed by atoms with Crippen LogP contribution in [0.3, 0.4) is 0 Å². The average molecular weight is 374 g/mol. The van der Waals surface area contributed by atoms with Gasteiger partial charge in [0.1, 0.15) is 6.04 Å². The van der Waals surface area contributed by atoms with Gasteiger partial charge >= 0.3 is 0 Å². The molecule has 1 aromatic rings. The minimum Gasteiger partial charge on any atom is -0.373 e. The van der Waals surface area contributed by atoms with Gasteiger partial charge in [-0.05, 0) is 47.0 Å². The minimum absolute atomic E-state index is 0.00898. The first kappa shape index (κ1) is 16.3. The normalized spacial score (nSPS) is 18.7. The van der Waals surface area contributed by atoms with E-state index in [2.05, 4.69) is 21.2 Å². The minimum atomic E-state index is -0.504. The van der Waals surface area contributed by atoms with E-state index in [1.807, 2.05) is 26.0 Å². The van der Waals surface area contributed by atoms with E-state index >= 15 is 0 Å². The quantitative estimate of drug-likeness (QED) is 0.798. The van der Waals surface area contributed by atoms with Crippen molar-refractivity contribution in [3.63, 3.8) is 0 Å². The molecule has 1 aromatic carbocycles. The van der Waals surface area contributed by atoms with Crippen LogP contribution in [0, 0.1) is 0 Å². The lowest BCUT2D eigenvalue weighted by Gasteiger charge is -2.24. The molecular weight excluding hydrogens is 356 g/mol. The van der Waals surface area contributed by atoms with Gasteiger partial charge in [0.2, 0.25) is 5.91 Å². The Morgan fingerprint density at radius 3 is 2.62 bits per heavy atom. The standard InChI is InChI=1S/C15H18BrClN2O2/c1-3-10(4-2)19-14(20)8-13(15(19)21)18-9-5-6-11(16)12(17)7-9/h5-7,10,13,18H,3-4,8H2,1-2H3. The Bertz CT molecular complexity index is 561. The monoisotopic (exact) mass is 372 g/mol. The van der Waals surface area contributed by atoms with Crippen molar-refractivity contribution in [2.24, 2.45) is 0 Å². The van der Waals surface area contributed by atoms with Crippen molar-refractivity contribution in [2.75, 3.05) is 5.32 Å². The van der Waals surface area contributed by atoms with Gasteiger partial charge < -0.3 is 5.32 Å². The highest BCUT2D eigenvalue weighted by Gasteiger charge is 2.41. The molecule has 0 aromatic heterocycles. The van der Waals surface area contributed by atoms with Crippen molar-refractivity contribution in [1.82, 2.24) is 4.90 Å². The summed E-state index contributed by atoms with van der Waals surface area (Å²) in [6, 6.07) is 4.86. The summed E-state index contributed by atoms with van der Waals surface area (Å²) in [5, 5.41) is 3.67. The molecule has 114 valence electrons. The van der Waals surface area contributed by atoms with Crippen molar-refractivity contribution in [3.05, 3.63) is 27.7 Å². The Hall–Kier alpha value is -1.07. The van der Waals surface area contributed by atoms with Crippen LogP contribution in [-0.4, -0.2) is 28.8 Å². The molecule has 4 nitrogen and oxygen atoms in total. The average Bonchev–Trinajstić information content (AvgIpc) is 2.72. The second-order valence-electron chi connectivity index (χ2n) is 5.10. The molecule has 0 radical (unpaired) electrons. The maximum absolute atomic E-state index is 12.4. The second kappa shape index (κ2) is 6.79. The van der Waals surface area contributed by atoms with E-state index in [1.54, 1.807) is 6.07 Å². The highest BCUT2D eigenvalue weighted by atomic mass is 79.9. The molecule has 1 N–H and O–H groups in total. The first-order valence-corrected chi connectivity index (χ1v) is 8.22. The lowest BCUT2D eigenvalue weighted by Crippen LogP contribution is -2.41. The SMILES string of the molecule is CCC(CC)N1C(=O)CC(Nc2ccc(Br)c(Cl)c2)C1=O. The van der Waals surface area contributed by atoms with Gasteiger partial charge in [-0.1, -0.05) is 25.4 Å². The van der Waals surface area contributed by atoms with Crippen molar-refractivity contribution >= 4 is 45.0 Å². The number of hydrogen-bond donors (Lipinski definition) is 1. The second-order valence-corrected chi connectivity index (χ2v) is 6.36. The molecule has 0 saturated carbocycles. The third-order valence-electron chi connectivity index (χ3n) is 3.75. The number of imide groups is 1. The Kier molecular flexibility index (Phi) is 5.27. The van der Waals surface area contributed by atoms with E-state index in [-0.39, 0.29) is 24.3 Å². The maximum Gasteiger partial charge on any atom is 0.252 e. The lowest BCUT2D eigenvalue weighted by molar-refractivity contribution is -0.141. The van der Waals surface area contributed by atoms with Crippen LogP contribution in [0.2, 0.25) is 5.02 Å². The topological polar surface area (TPSA) is 49.4 Å². The third-order valence-corrected chi connectivity index (χ3v) is 4.98. The molecule has 6 heteroatoms. The first-order valence-electron chi connectivity index (χ1n) is 7.05. The number of carbonyl (C=O) groups is 2. The Morgan fingerprint density at radius 1 is 1.38 bits per heavy atom. The Morgan fingerprint density at radius 2 is 2.05 bits per heavy atom. The number of benzene rings is 1. The van der Waals surface area contributed by atoms with Gasteiger partial charge in [-0.25, -0.2) is 0 Å². The number of anilines is 1. The Balaban J connectivity index is 2.13.